The highest BCUT2D eigenvalue weighted by atomic mass is 32.1. The van der Waals surface area contributed by atoms with Gasteiger partial charge in [-0.25, -0.2) is 4.98 Å². The zero-order chi connectivity index (χ0) is 19.3. The van der Waals surface area contributed by atoms with E-state index >= 15 is 0 Å². The maximum absolute atomic E-state index is 12.4. The minimum absolute atomic E-state index is 0.0314. The average Bonchev–Trinajstić information content (AvgIpc) is 3.11. The minimum atomic E-state index is -0.0314. The number of likely N-dealkylation sites (N-methyl/N-ethyl adjacent to an activating group) is 1. The van der Waals surface area contributed by atoms with Crippen molar-refractivity contribution >= 4 is 33.1 Å². The molecule has 0 saturated heterocycles. The number of thiazole rings is 1. The van der Waals surface area contributed by atoms with Crippen LogP contribution in [0.15, 0.2) is 78.9 Å². The molecule has 28 heavy (non-hydrogen) atoms. The van der Waals surface area contributed by atoms with E-state index in [2.05, 4.69) is 28.5 Å². The predicted octanol–water partition coefficient (Wildman–Crippen LogP) is 5.03. The summed E-state index contributed by atoms with van der Waals surface area (Å²) in [6.45, 7) is 0.968. The first-order valence-corrected chi connectivity index (χ1v) is 9.97. The van der Waals surface area contributed by atoms with Gasteiger partial charge in [0, 0.05) is 5.69 Å². The van der Waals surface area contributed by atoms with Crippen LogP contribution in [0.25, 0.3) is 21.3 Å². The molecule has 1 amide bonds. The van der Waals surface area contributed by atoms with Crippen molar-refractivity contribution in [1.82, 2.24) is 9.88 Å². The number of carbonyl (C=O) groups is 1. The normalized spacial score (nSPS) is 11.1. The number of rotatable bonds is 6. The number of anilines is 1. The molecular formula is C23H21N3OS. The number of hydrogen-bond acceptors (Lipinski definition) is 4. The molecule has 0 bridgehead atoms. The average molecular weight is 388 g/mol. The monoisotopic (exact) mass is 387 g/mol. The lowest BCUT2D eigenvalue weighted by atomic mass is 10.1. The van der Waals surface area contributed by atoms with Gasteiger partial charge in [-0.05, 0) is 42.4 Å². The van der Waals surface area contributed by atoms with Gasteiger partial charge in [0.1, 0.15) is 5.01 Å². The molecule has 4 aromatic rings. The molecule has 4 nitrogen and oxygen atoms in total. The van der Waals surface area contributed by atoms with E-state index in [1.165, 1.54) is 4.70 Å². The number of fused-ring (bicyclic) bond motifs is 1. The van der Waals surface area contributed by atoms with Gasteiger partial charge in [-0.2, -0.15) is 0 Å². The third-order valence-corrected chi connectivity index (χ3v) is 5.45. The molecule has 1 heterocycles. The van der Waals surface area contributed by atoms with E-state index < -0.39 is 0 Å². The number of nitrogens with one attached hydrogen (secondary N) is 1. The molecule has 1 aromatic heterocycles. The molecular weight excluding hydrogens is 366 g/mol. The van der Waals surface area contributed by atoms with Crippen molar-refractivity contribution in [2.45, 2.75) is 6.54 Å². The Bertz CT molecular complexity index is 1040. The van der Waals surface area contributed by atoms with Gasteiger partial charge in [-0.1, -0.05) is 54.6 Å². The second-order valence-electron chi connectivity index (χ2n) is 6.74. The van der Waals surface area contributed by atoms with Crippen LogP contribution in [0.2, 0.25) is 0 Å². The van der Waals surface area contributed by atoms with Crippen molar-refractivity contribution < 1.29 is 4.79 Å². The summed E-state index contributed by atoms with van der Waals surface area (Å²) in [6.07, 6.45) is 0. The van der Waals surface area contributed by atoms with E-state index in [9.17, 15) is 4.79 Å². The molecule has 0 unspecified atom stereocenters. The summed E-state index contributed by atoms with van der Waals surface area (Å²) < 4.78 is 1.17. The third kappa shape index (κ3) is 4.44. The van der Waals surface area contributed by atoms with Crippen LogP contribution in [-0.2, 0) is 11.3 Å². The number of para-hydroxylation sites is 1. The van der Waals surface area contributed by atoms with Gasteiger partial charge in [0.15, 0.2) is 0 Å². The molecule has 0 aliphatic heterocycles. The van der Waals surface area contributed by atoms with Crippen LogP contribution >= 0.6 is 11.3 Å². The van der Waals surface area contributed by atoms with Crippen molar-refractivity contribution in [3.63, 3.8) is 0 Å². The lowest BCUT2D eigenvalue weighted by molar-refractivity contribution is -0.117. The van der Waals surface area contributed by atoms with Crippen LogP contribution in [0.1, 0.15) is 5.01 Å². The van der Waals surface area contributed by atoms with Crippen LogP contribution in [0.5, 0.6) is 0 Å². The Kier molecular flexibility index (Phi) is 5.46. The minimum Gasteiger partial charge on any atom is -0.325 e. The van der Waals surface area contributed by atoms with Crippen LogP contribution in [0.3, 0.4) is 0 Å². The molecule has 0 radical (unpaired) electrons. The van der Waals surface area contributed by atoms with Crippen LogP contribution in [-0.4, -0.2) is 29.4 Å². The summed E-state index contributed by atoms with van der Waals surface area (Å²) in [7, 11) is 1.93. The summed E-state index contributed by atoms with van der Waals surface area (Å²) in [5.41, 5.74) is 4.11. The van der Waals surface area contributed by atoms with Crippen LogP contribution in [0, 0.1) is 0 Å². The smallest absolute Gasteiger partial charge is 0.238 e. The maximum Gasteiger partial charge on any atom is 0.238 e. The highest BCUT2D eigenvalue weighted by molar-refractivity contribution is 7.18. The van der Waals surface area contributed by atoms with Gasteiger partial charge >= 0.3 is 0 Å². The number of aromatic nitrogens is 1. The molecule has 0 aliphatic carbocycles. The van der Waals surface area contributed by atoms with E-state index in [1.54, 1.807) is 11.3 Å². The first-order valence-electron chi connectivity index (χ1n) is 9.16. The van der Waals surface area contributed by atoms with Crippen molar-refractivity contribution in [3.8, 4) is 11.1 Å². The van der Waals surface area contributed by atoms with Crippen LogP contribution < -0.4 is 5.32 Å². The molecule has 1 N–H and O–H groups in total. The van der Waals surface area contributed by atoms with Crippen molar-refractivity contribution in [2.24, 2.45) is 0 Å². The molecule has 0 saturated carbocycles. The van der Waals surface area contributed by atoms with Gasteiger partial charge in [0.2, 0.25) is 5.91 Å². The van der Waals surface area contributed by atoms with E-state index in [0.717, 1.165) is 27.3 Å². The Balaban J connectivity index is 1.33. The summed E-state index contributed by atoms with van der Waals surface area (Å²) in [6, 6.07) is 26.2. The number of amides is 1. The Morgan fingerprint density at radius 2 is 1.61 bits per heavy atom. The standard InChI is InChI=1S/C23H21N3OS/c1-26(16-23-25-20-9-5-6-10-21(20)28-23)15-22(27)24-19-13-11-18(12-14-19)17-7-3-2-4-8-17/h2-14H,15-16H2,1H3,(H,24,27). The molecule has 140 valence electrons. The van der Waals surface area contributed by atoms with Gasteiger partial charge < -0.3 is 5.32 Å². The van der Waals surface area contributed by atoms with E-state index in [4.69, 9.17) is 0 Å². The molecule has 0 atom stereocenters. The highest BCUT2D eigenvalue weighted by Gasteiger charge is 2.10. The lowest BCUT2D eigenvalue weighted by Crippen LogP contribution is -2.29. The summed E-state index contributed by atoms with van der Waals surface area (Å²) in [5, 5.41) is 3.98. The lowest BCUT2D eigenvalue weighted by Gasteiger charge is -2.15. The molecule has 0 aliphatic rings. The summed E-state index contributed by atoms with van der Waals surface area (Å²) >= 11 is 1.67. The highest BCUT2D eigenvalue weighted by Crippen LogP contribution is 2.23. The molecule has 0 spiro atoms. The second kappa shape index (κ2) is 8.33. The SMILES string of the molecule is CN(CC(=O)Nc1ccc(-c2ccccc2)cc1)Cc1nc2ccccc2s1. The largest absolute Gasteiger partial charge is 0.325 e. The topological polar surface area (TPSA) is 45.2 Å². The number of benzene rings is 3. The molecule has 3 aromatic carbocycles. The summed E-state index contributed by atoms with van der Waals surface area (Å²) in [5.74, 6) is -0.0314. The van der Waals surface area contributed by atoms with Gasteiger partial charge in [-0.3, -0.25) is 9.69 Å². The quantitative estimate of drug-likeness (QED) is 0.504. The van der Waals surface area contributed by atoms with Gasteiger partial charge in [0.25, 0.3) is 0 Å². The van der Waals surface area contributed by atoms with Crippen molar-refractivity contribution in [3.05, 3.63) is 83.9 Å². The predicted molar refractivity (Wildman–Crippen MR) is 116 cm³/mol. The van der Waals surface area contributed by atoms with Gasteiger partial charge in [-0.15, -0.1) is 11.3 Å². The zero-order valence-electron chi connectivity index (χ0n) is 15.6. The number of hydrogen-bond donors (Lipinski definition) is 1. The second-order valence-corrected chi connectivity index (χ2v) is 7.85. The third-order valence-electron chi connectivity index (χ3n) is 4.43. The van der Waals surface area contributed by atoms with Crippen molar-refractivity contribution in [2.75, 3.05) is 18.9 Å². The Hall–Kier alpha value is -3.02. The first kappa shape index (κ1) is 18.3. The molecule has 5 heteroatoms. The number of carbonyl (C=O) groups excluding carboxylic acids is 1. The molecule has 4 rings (SSSR count). The van der Waals surface area contributed by atoms with Crippen molar-refractivity contribution in [1.29, 1.82) is 0 Å². The number of nitrogens with zero attached hydrogens (tertiary/aromatic N) is 2. The fraction of sp³-hybridized carbons (Fsp3) is 0.130. The van der Waals surface area contributed by atoms with E-state index in [-0.39, 0.29) is 5.91 Å². The van der Waals surface area contributed by atoms with E-state index in [0.29, 0.717) is 13.1 Å². The Morgan fingerprint density at radius 3 is 2.36 bits per heavy atom. The first-order chi connectivity index (χ1) is 13.7. The molecule has 0 fully saturated rings. The zero-order valence-corrected chi connectivity index (χ0v) is 16.4. The fourth-order valence-corrected chi connectivity index (χ4v) is 4.14. The Labute approximate surface area is 168 Å². The van der Waals surface area contributed by atoms with Gasteiger partial charge in [0.05, 0.1) is 23.3 Å². The Morgan fingerprint density at radius 1 is 0.929 bits per heavy atom. The summed E-state index contributed by atoms with van der Waals surface area (Å²) in [4.78, 5) is 19.0. The van der Waals surface area contributed by atoms with E-state index in [1.807, 2.05) is 72.6 Å². The van der Waals surface area contributed by atoms with Crippen LogP contribution in [0.4, 0.5) is 5.69 Å². The maximum atomic E-state index is 12.4. The fourth-order valence-electron chi connectivity index (χ4n) is 3.10.